The molecule has 1 fully saturated rings. The first-order valence-electron chi connectivity index (χ1n) is 9.69. The number of carboxylic acids is 1. The number of nitrogens with two attached hydrogens (primary N) is 1. The molecule has 2 aromatic heterocycles. The summed E-state index contributed by atoms with van der Waals surface area (Å²) in [6.07, 6.45) is 3.33. The van der Waals surface area contributed by atoms with Crippen LogP contribution in [0.15, 0.2) is 62.7 Å². The van der Waals surface area contributed by atoms with Gasteiger partial charge >= 0.3 is 5.97 Å². The predicted octanol–water partition coefficient (Wildman–Crippen LogP) is 1.52. The minimum atomic E-state index is -1.22. The first-order valence-corrected chi connectivity index (χ1v) is 12.5. The summed E-state index contributed by atoms with van der Waals surface area (Å²) in [5.41, 5.74) is 6.10. The van der Waals surface area contributed by atoms with Gasteiger partial charge in [-0.25, -0.2) is 14.8 Å². The maximum Gasteiger partial charge on any atom is 0.352 e. The van der Waals surface area contributed by atoms with E-state index in [0.29, 0.717) is 11.3 Å². The molecule has 2 aromatic rings. The Hall–Kier alpha value is -3.36. The smallest absolute Gasteiger partial charge is 0.352 e. The average molecular weight is 519 g/mol. The van der Waals surface area contributed by atoms with Crippen LogP contribution in [-0.4, -0.2) is 67.7 Å². The number of thioether (sulfide) groups is 2. The van der Waals surface area contributed by atoms with E-state index in [1.165, 1.54) is 35.5 Å². The Bertz CT molecular complexity index is 1210. The van der Waals surface area contributed by atoms with E-state index >= 15 is 0 Å². The number of fused-ring (bicyclic) bond motifs is 1. The lowest BCUT2D eigenvalue weighted by molar-refractivity contribution is -0.150. The number of oxime groups is 1. The van der Waals surface area contributed by atoms with E-state index in [1.807, 2.05) is 12.1 Å². The third kappa shape index (κ3) is 4.78. The van der Waals surface area contributed by atoms with E-state index < -0.39 is 29.2 Å². The molecule has 2 aliphatic rings. The largest absolute Gasteiger partial charge is 0.477 e. The number of allylic oxidation sites excluding steroid dienone is 1. The fourth-order valence-electron chi connectivity index (χ4n) is 3.28. The summed E-state index contributed by atoms with van der Waals surface area (Å²) < 4.78 is 0. The van der Waals surface area contributed by atoms with Crippen molar-refractivity contribution in [1.29, 1.82) is 0 Å². The highest BCUT2D eigenvalue weighted by Crippen LogP contribution is 2.41. The quantitative estimate of drug-likeness (QED) is 0.202. The van der Waals surface area contributed by atoms with Gasteiger partial charge in [0.15, 0.2) is 10.8 Å². The van der Waals surface area contributed by atoms with Crippen molar-refractivity contribution in [1.82, 2.24) is 20.2 Å². The number of thiazole rings is 1. The first-order chi connectivity index (χ1) is 16.4. The van der Waals surface area contributed by atoms with Crippen LogP contribution in [0.1, 0.15) is 5.69 Å². The number of nitrogen functional groups attached to an aromatic ring is 1. The average Bonchev–Trinajstić information content (AvgIpc) is 3.26. The third-order valence-electron chi connectivity index (χ3n) is 4.74. The van der Waals surface area contributed by atoms with Crippen molar-refractivity contribution in [2.75, 3.05) is 18.6 Å². The lowest BCUT2D eigenvalue weighted by atomic mass is 10.0. The van der Waals surface area contributed by atoms with Crippen LogP contribution in [-0.2, 0) is 19.2 Å². The van der Waals surface area contributed by atoms with Gasteiger partial charge in [0.05, 0.1) is 0 Å². The van der Waals surface area contributed by atoms with Crippen LogP contribution in [0.5, 0.6) is 0 Å². The number of nitrogens with zero attached hydrogens (tertiary/aromatic N) is 4. The highest BCUT2D eigenvalue weighted by atomic mass is 32.2. The normalized spacial score (nSPS) is 20.2. The number of anilines is 1. The number of nitrogens with one attached hydrogen (secondary N) is 1. The van der Waals surface area contributed by atoms with Gasteiger partial charge in [0.1, 0.15) is 34.9 Å². The number of aliphatic carboxylic acids is 1. The molecule has 34 heavy (non-hydrogen) atoms. The topological polar surface area (TPSA) is 160 Å². The molecule has 0 bridgehead atoms. The number of rotatable bonds is 8. The summed E-state index contributed by atoms with van der Waals surface area (Å²) in [7, 11) is 1.28. The molecule has 4 heterocycles. The SMILES string of the molecule is CON=C(C(=O)NC1C(=O)N2C(C(=O)O)=C(C=CSc3ccccn3)CSC12)c1csc(N)n1. The van der Waals surface area contributed by atoms with E-state index in [4.69, 9.17) is 10.6 Å². The number of hydrogen-bond acceptors (Lipinski definition) is 11. The summed E-state index contributed by atoms with van der Waals surface area (Å²) in [4.78, 5) is 51.8. The summed E-state index contributed by atoms with van der Waals surface area (Å²) in [6, 6.07) is 4.57. The van der Waals surface area contributed by atoms with Crippen molar-refractivity contribution in [2.45, 2.75) is 16.4 Å². The van der Waals surface area contributed by atoms with Gasteiger partial charge in [-0.1, -0.05) is 23.0 Å². The molecule has 2 amide bonds. The van der Waals surface area contributed by atoms with Crippen molar-refractivity contribution < 1.29 is 24.3 Å². The Kier molecular flexibility index (Phi) is 7.19. The van der Waals surface area contributed by atoms with Gasteiger partial charge in [0.2, 0.25) is 0 Å². The third-order valence-corrected chi connectivity index (χ3v) is 7.48. The number of aromatic nitrogens is 2. The molecule has 14 heteroatoms. The molecule has 2 unspecified atom stereocenters. The van der Waals surface area contributed by atoms with E-state index in [1.54, 1.807) is 29.1 Å². The van der Waals surface area contributed by atoms with Gasteiger partial charge in [-0.15, -0.1) is 23.1 Å². The molecule has 11 nitrogen and oxygen atoms in total. The molecular weight excluding hydrogens is 500 g/mol. The van der Waals surface area contributed by atoms with Crippen LogP contribution in [0.25, 0.3) is 0 Å². The highest BCUT2D eigenvalue weighted by molar-refractivity contribution is 8.02. The fraction of sp³-hybridized carbons (Fsp3) is 0.200. The molecular formula is C20H18N6O5S3. The van der Waals surface area contributed by atoms with Gasteiger partial charge in [0.25, 0.3) is 11.8 Å². The van der Waals surface area contributed by atoms with Crippen LogP contribution in [0.3, 0.4) is 0 Å². The van der Waals surface area contributed by atoms with Gasteiger partial charge in [-0.3, -0.25) is 14.5 Å². The molecule has 176 valence electrons. The van der Waals surface area contributed by atoms with E-state index in [0.717, 1.165) is 16.4 Å². The monoisotopic (exact) mass is 518 g/mol. The van der Waals surface area contributed by atoms with Crippen molar-refractivity contribution in [3.63, 3.8) is 0 Å². The molecule has 4 N–H and O–H groups in total. The number of amides is 2. The maximum absolute atomic E-state index is 12.9. The number of carbonyl (C=O) groups is 3. The summed E-state index contributed by atoms with van der Waals surface area (Å²) in [5, 5.41) is 19.8. The molecule has 0 aromatic carbocycles. The molecule has 0 radical (unpaired) electrons. The van der Waals surface area contributed by atoms with Crippen LogP contribution >= 0.6 is 34.9 Å². The predicted molar refractivity (Wildman–Crippen MR) is 129 cm³/mol. The van der Waals surface area contributed by atoms with Crippen LogP contribution in [0.4, 0.5) is 5.13 Å². The van der Waals surface area contributed by atoms with Crippen molar-refractivity contribution in [2.24, 2.45) is 5.16 Å². The van der Waals surface area contributed by atoms with Crippen LogP contribution in [0.2, 0.25) is 0 Å². The summed E-state index contributed by atoms with van der Waals surface area (Å²) in [6.45, 7) is 0. The van der Waals surface area contributed by atoms with E-state index in [-0.39, 0.29) is 22.2 Å². The highest BCUT2D eigenvalue weighted by Gasteiger charge is 2.54. The van der Waals surface area contributed by atoms with E-state index in [9.17, 15) is 19.5 Å². The van der Waals surface area contributed by atoms with Gasteiger partial charge in [-0.05, 0) is 29.2 Å². The molecule has 0 aliphatic carbocycles. The van der Waals surface area contributed by atoms with E-state index in [2.05, 4.69) is 20.4 Å². The Balaban J connectivity index is 1.49. The Morgan fingerprint density at radius 1 is 1.44 bits per heavy atom. The molecule has 1 saturated heterocycles. The minimum absolute atomic E-state index is 0.102. The fourth-order valence-corrected chi connectivity index (χ4v) is 5.79. The zero-order chi connectivity index (χ0) is 24.2. The first kappa shape index (κ1) is 23.8. The van der Waals surface area contributed by atoms with Crippen molar-refractivity contribution >= 4 is 63.5 Å². The molecule has 0 saturated carbocycles. The Morgan fingerprint density at radius 3 is 2.91 bits per heavy atom. The van der Waals surface area contributed by atoms with Crippen LogP contribution in [0, 0.1) is 0 Å². The van der Waals surface area contributed by atoms with Gasteiger partial charge in [0, 0.05) is 17.3 Å². The number of β-lactam (4-membered cyclic amide) rings is 1. The lowest BCUT2D eigenvalue weighted by Gasteiger charge is -2.49. The molecule has 4 rings (SSSR count). The maximum atomic E-state index is 12.9. The Labute approximate surface area is 206 Å². The molecule has 0 spiro atoms. The van der Waals surface area contributed by atoms with Crippen molar-refractivity contribution in [3.8, 4) is 0 Å². The minimum Gasteiger partial charge on any atom is -0.477 e. The number of pyridine rings is 1. The lowest BCUT2D eigenvalue weighted by Crippen LogP contribution is -2.71. The second kappa shape index (κ2) is 10.3. The summed E-state index contributed by atoms with van der Waals surface area (Å²) in [5.74, 6) is -2.07. The van der Waals surface area contributed by atoms with Gasteiger partial charge < -0.3 is 21.0 Å². The number of hydrogen-bond donors (Lipinski definition) is 3. The standard InChI is InChI=1S/C20H18N6O5S3/c1-31-25-13(11-9-34-20(21)23-11)16(27)24-14-17(28)26-15(19(29)30)10(8-33-18(14)26)5-7-32-12-4-2-3-6-22-12/h2-7,9,14,18H,8H2,1H3,(H2,21,23)(H,24,27)(H,29,30). The second-order valence-corrected chi connectivity index (χ2v) is 9.74. The van der Waals surface area contributed by atoms with Gasteiger partial charge in [-0.2, -0.15) is 0 Å². The molecule has 2 atom stereocenters. The number of carbonyl (C=O) groups excluding carboxylic acids is 2. The molecule has 2 aliphatic heterocycles. The van der Waals surface area contributed by atoms with Crippen LogP contribution < -0.4 is 11.1 Å². The second-order valence-electron chi connectivity index (χ2n) is 6.82. The van der Waals surface area contributed by atoms with Crippen molar-refractivity contribution in [3.05, 3.63) is 58.2 Å². The summed E-state index contributed by atoms with van der Waals surface area (Å²) >= 11 is 3.82. The zero-order valence-electron chi connectivity index (χ0n) is 17.6. The zero-order valence-corrected chi connectivity index (χ0v) is 20.0. The Morgan fingerprint density at radius 2 is 2.26 bits per heavy atom. The number of carboxylic acid groups (broad SMARTS) is 1.